The number of esters is 1. The van der Waals surface area contributed by atoms with E-state index in [1.165, 1.54) is 7.11 Å². The molecule has 0 aliphatic carbocycles. The second-order valence-corrected chi connectivity index (χ2v) is 8.55. The fraction of sp³-hybridized carbons (Fsp3) is 0.346. The first-order chi connectivity index (χ1) is 16.9. The number of amides is 2. The third-order valence-electron chi connectivity index (χ3n) is 6.40. The Morgan fingerprint density at radius 1 is 0.971 bits per heavy atom. The summed E-state index contributed by atoms with van der Waals surface area (Å²) in [5, 5.41) is 5.67. The Morgan fingerprint density at radius 3 is 2.20 bits per heavy atom. The van der Waals surface area contributed by atoms with Gasteiger partial charge in [0.25, 0.3) is 0 Å². The average molecular weight is 479 g/mol. The number of nitrogens with zero attached hydrogens (tertiary/aromatic N) is 2. The maximum absolute atomic E-state index is 12.8. The lowest BCUT2D eigenvalue weighted by Gasteiger charge is -2.38. The molecule has 2 aromatic carbocycles. The number of rotatable bonds is 7. The normalized spacial score (nSPS) is 18.5. The van der Waals surface area contributed by atoms with E-state index >= 15 is 0 Å². The number of benzene rings is 2. The van der Waals surface area contributed by atoms with Crippen LogP contribution in [0, 0.1) is 0 Å². The highest BCUT2D eigenvalue weighted by Gasteiger charge is 2.34. The Morgan fingerprint density at radius 2 is 1.63 bits per heavy atom. The minimum atomic E-state index is -0.627. The fourth-order valence-corrected chi connectivity index (χ4v) is 4.43. The van der Waals surface area contributed by atoms with Crippen LogP contribution in [0.5, 0.6) is 5.75 Å². The summed E-state index contributed by atoms with van der Waals surface area (Å²) in [5.41, 5.74) is 3.46. The summed E-state index contributed by atoms with van der Waals surface area (Å²) >= 11 is 0. The van der Waals surface area contributed by atoms with Crippen molar-refractivity contribution >= 4 is 23.5 Å². The zero-order valence-corrected chi connectivity index (χ0v) is 20.2. The Kier molecular flexibility index (Phi) is 7.36. The van der Waals surface area contributed by atoms with Gasteiger partial charge in [-0.15, -0.1) is 0 Å². The van der Waals surface area contributed by atoms with Crippen molar-refractivity contribution in [2.24, 2.45) is 0 Å². The number of ketones is 1. The fourth-order valence-electron chi connectivity index (χ4n) is 4.43. The second kappa shape index (κ2) is 10.6. The maximum Gasteiger partial charge on any atom is 0.338 e. The number of anilines is 1. The number of nitrogens with one attached hydrogen (secondary N) is 2. The van der Waals surface area contributed by atoms with E-state index < -0.39 is 12.0 Å². The molecule has 0 unspecified atom stereocenters. The summed E-state index contributed by atoms with van der Waals surface area (Å²) in [5.74, 6) is 0.247. The smallest absolute Gasteiger partial charge is 0.338 e. The van der Waals surface area contributed by atoms with Gasteiger partial charge in [-0.1, -0.05) is 12.1 Å². The van der Waals surface area contributed by atoms with Gasteiger partial charge in [-0.05, 0) is 48.9 Å². The molecular formula is C26H30N4O5. The number of hydrogen-bond donors (Lipinski definition) is 2. The number of carbonyl (C=O) groups excluding carboxylic acids is 3. The van der Waals surface area contributed by atoms with Crippen LogP contribution in [0.4, 0.5) is 10.5 Å². The van der Waals surface area contributed by atoms with Crippen molar-refractivity contribution < 1.29 is 23.9 Å². The molecule has 0 radical (unpaired) electrons. The lowest BCUT2D eigenvalue weighted by molar-refractivity contribution is -0.136. The van der Waals surface area contributed by atoms with Crippen molar-refractivity contribution in [3.8, 4) is 5.75 Å². The predicted molar refractivity (Wildman–Crippen MR) is 132 cm³/mol. The minimum absolute atomic E-state index is 0.0491. The standard InChI is InChI=1S/C26H30N4O5/c1-17(31)18-4-8-20(9-5-18)30-14-12-29(13-15-30)16-22-23(25(32)35-3)24(28-26(33)27-22)19-6-10-21(34-2)11-7-19/h4-11,24H,12-16H2,1-3H3,(H2,27,28,33)/t24-/m0/s1. The van der Waals surface area contributed by atoms with Crippen LogP contribution in [0.25, 0.3) is 0 Å². The van der Waals surface area contributed by atoms with Crippen molar-refractivity contribution in [2.45, 2.75) is 13.0 Å². The molecule has 4 rings (SSSR count). The van der Waals surface area contributed by atoms with Crippen molar-refractivity contribution in [3.63, 3.8) is 0 Å². The van der Waals surface area contributed by atoms with Crippen LogP contribution >= 0.6 is 0 Å². The third kappa shape index (κ3) is 5.46. The molecule has 9 nitrogen and oxygen atoms in total. The van der Waals surface area contributed by atoms with E-state index in [4.69, 9.17) is 9.47 Å². The monoisotopic (exact) mass is 478 g/mol. The molecule has 1 saturated heterocycles. The molecule has 0 saturated carbocycles. The Labute approximate surface area is 204 Å². The first kappa shape index (κ1) is 24.3. The van der Waals surface area contributed by atoms with Gasteiger partial charge in [0.2, 0.25) is 0 Å². The lowest BCUT2D eigenvalue weighted by atomic mass is 9.95. The van der Waals surface area contributed by atoms with E-state index in [1.807, 2.05) is 36.4 Å². The van der Waals surface area contributed by atoms with Gasteiger partial charge < -0.3 is 25.0 Å². The minimum Gasteiger partial charge on any atom is -0.497 e. The first-order valence-corrected chi connectivity index (χ1v) is 11.5. The first-order valence-electron chi connectivity index (χ1n) is 11.5. The van der Waals surface area contributed by atoms with Crippen LogP contribution in [-0.4, -0.2) is 69.6 Å². The van der Waals surface area contributed by atoms with Gasteiger partial charge in [-0.3, -0.25) is 9.69 Å². The zero-order valence-electron chi connectivity index (χ0n) is 20.2. The van der Waals surface area contributed by atoms with Gasteiger partial charge in [0.15, 0.2) is 5.78 Å². The Bertz CT molecular complexity index is 1120. The summed E-state index contributed by atoms with van der Waals surface area (Å²) in [7, 11) is 2.92. The molecule has 184 valence electrons. The predicted octanol–water partition coefficient (Wildman–Crippen LogP) is 2.50. The summed E-state index contributed by atoms with van der Waals surface area (Å²) in [6, 6.07) is 13.9. The maximum atomic E-state index is 12.8. The highest BCUT2D eigenvalue weighted by atomic mass is 16.5. The summed E-state index contributed by atoms with van der Waals surface area (Å²) in [4.78, 5) is 41.3. The van der Waals surface area contributed by atoms with E-state index in [0.717, 1.165) is 37.4 Å². The molecule has 1 fully saturated rings. The summed E-state index contributed by atoms with van der Waals surface area (Å²) in [6.45, 7) is 5.06. The number of hydrogen-bond acceptors (Lipinski definition) is 7. The van der Waals surface area contributed by atoms with Gasteiger partial charge in [-0.2, -0.15) is 0 Å². The quantitative estimate of drug-likeness (QED) is 0.466. The molecule has 0 bridgehead atoms. The number of urea groups is 1. The molecular weight excluding hydrogens is 448 g/mol. The van der Waals surface area contributed by atoms with Gasteiger partial charge >= 0.3 is 12.0 Å². The van der Waals surface area contributed by atoms with Crippen LogP contribution in [0.1, 0.15) is 28.9 Å². The molecule has 35 heavy (non-hydrogen) atoms. The van der Waals surface area contributed by atoms with Crippen LogP contribution in [0.15, 0.2) is 59.8 Å². The number of Topliss-reactive ketones (excluding diaryl/α,β-unsaturated/α-hetero) is 1. The van der Waals surface area contributed by atoms with E-state index in [9.17, 15) is 14.4 Å². The van der Waals surface area contributed by atoms with Crippen molar-refractivity contribution in [1.29, 1.82) is 0 Å². The van der Waals surface area contributed by atoms with E-state index in [-0.39, 0.29) is 11.8 Å². The lowest BCUT2D eigenvalue weighted by Crippen LogP contribution is -2.51. The SMILES string of the molecule is COC(=O)C1=C(CN2CCN(c3ccc(C(C)=O)cc3)CC2)NC(=O)N[C@H]1c1ccc(OC)cc1. The molecule has 9 heteroatoms. The summed E-state index contributed by atoms with van der Waals surface area (Å²) < 4.78 is 10.3. The third-order valence-corrected chi connectivity index (χ3v) is 6.40. The van der Waals surface area contributed by atoms with Crippen LogP contribution in [0.2, 0.25) is 0 Å². The van der Waals surface area contributed by atoms with E-state index in [2.05, 4.69) is 20.4 Å². The number of piperazine rings is 1. The van der Waals surface area contributed by atoms with Crippen LogP contribution in [-0.2, 0) is 9.53 Å². The van der Waals surface area contributed by atoms with Gasteiger partial charge in [0.1, 0.15) is 5.75 Å². The van der Waals surface area contributed by atoms with E-state index in [0.29, 0.717) is 29.1 Å². The molecule has 0 spiro atoms. The summed E-state index contributed by atoms with van der Waals surface area (Å²) in [6.07, 6.45) is 0. The van der Waals surface area contributed by atoms with Crippen molar-refractivity contribution in [2.75, 3.05) is 51.8 Å². The molecule has 1 atom stereocenters. The average Bonchev–Trinajstić information content (AvgIpc) is 2.88. The molecule has 0 aromatic heterocycles. The highest BCUT2D eigenvalue weighted by Crippen LogP contribution is 2.29. The van der Waals surface area contributed by atoms with Gasteiger partial charge in [0.05, 0.1) is 25.8 Å². The van der Waals surface area contributed by atoms with Gasteiger partial charge in [0, 0.05) is 49.7 Å². The van der Waals surface area contributed by atoms with Crippen LogP contribution < -0.4 is 20.3 Å². The molecule has 2 aliphatic heterocycles. The van der Waals surface area contributed by atoms with Crippen molar-refractivity contribution in [3.05, 3.63) is 70.9 Å². The highest BCUT2D eigenvalue weighted by molar-refractivity contribution is 5.95. The molecule has 2 amide bonds. The topological polar surface area (TPSA) is 100 Å². The second-order valence-electron chi connectivity index (χ2n) is 8.55. The van der Waals surface area contributed by atoms with Crippen LogP contribution in [0.3, 0.4) is 0 Å². The zero-order chi connectivity index (χ0) is 24.9. The van der Waals surface area contributed by atoms with Crippen molar-refractivity contribution in [1.82, 2.24) is 15.5 Å². The van der Waals surface area contributed by atoms with Gasteiger partial charge in [-0.25, -0.2) is 9.59 Å². The largest absolute Gasteiger partial charge is 0.497 e. The number of carbonyl (C=O) groups is 3. The molecule has 2 heterocycles. The molecule has 2 aliphatic rings. The Hall–Kier alpha value is -3.85. The molecule has 2 N–H and O–H groups in total. The van der Waals surface area contributed by atoms with E-state index in [1.54, 1.807) is 26.2 Å². The number of ether oxygens (including phenoxy) is 2. The molecule has 2 aromatic rings. The number of methoxy groups -OCH3 is 2. The Balaban J connectivity index is 1.50.